The molecule has 0 fully saturated rings. The van der Waals surface area contributed by atoms with Crippen molar-refractivity contribution in [2.45, 2.75) is 59.3 Å². The van der Waals surface area contributed by atoms with Crippen molar-refractivity contribution in [3.05, 3.63) is 64.6 Å². The zero-order chi connectivity index (χ0) is 24.5. The summed E-state index contributed by atoms with van der Waals surface area (Å²) in [5.74, 6) is 0.449. The van der Waals surface area contributed by atoms with Crippen molar-refractivity contribution >= 4 is 6.09 Å². The number of benzene rings is 1. The lowest BCUT2D eigenvalue weighted by atomic mass is 10.1. The second-order valence-electron chi connectivity index (χ2n) is 9.12. The lowest BCUT2D eigenvalue weighted by Crippen LogP contribution is -2.40. The molecule has 180 valence electrons. The molecule has 0 unspecified atom stereocenters. The Balaban J connectivity index is 1.44. The summed E-state index contributed by atoms with van der Waals surface area (Å²) >= 11 is 0. The van der Waals surface area contributed by atoms with Gasteiger partial charge in [0.05, 0.1) is 23.6 Å². The van der Waals surface area contributed by atoms with Crippen LogP contribution in [-0.2, 0) is 24.3 Å². The van der Waals surface area contributed by atoms with Crippen LogP contribution in [0.2, 0.25) is 0 Å². The van der Waals surface area contributed by atoms with E-state index in [-0.39, 0.29) is 18.3 Å². The Morgan fingerprint density at radius 3 is 2.56 bits per heavy atom. The molecule has 0 N–H and O–H groups in total. The van der Waals surface area contributed by atoms with Gasteiger partial charge in [0.1, 0.15) is 17.9 Å². The van der Waals surface area contributed by atoms with Crippen molar-refractivity contribution in [1.29, 1.82) is 0 Å². The van der Waals surface area contributed by atoms with Crippen LogP contribution in [0.5, 0.6) is 5.88 Å². The summed E-state index contributed by atoms with van der Waals surface area (Å²) in [5, 5.41) is 8.22. The first kappa shape index (κ1) is 23.6. The number of fused-ring (bicyclic) bond motifs is 1. The highest BCUT2D eigenvalue weighted by Gasteiger charge is 2.26. The predicted molar refractivity (Wildman–Crippen MR) is 120 cm³/mol. The SMILES string of the molecule is Cc1nnn(-c2ccc(C(F)F)cc2)c1COc1ccc2c(n1)CCN(C(=O)OC(C)(C)C)C2. The Morgan fingerprint density at radius 2 is 1.88 bits per heavy atom. The van der Waals surface area contributed by atoms with Gasteiger partial charge in [0.25, 0.3) is 6.43 Å². The minimum absolute atomic E-state index is 0.0538. The van der Waals surface area contributed by atoms with E-state index in [0.29, 0.717) is 42.5 Å². The first-order valence-electron chi connectivity index (χ1n) is 11.0. The van der Waals surface area contributed by atoms with Gasteiger partial charge in [0.2, 0.25) is 5.88 Å². The van der Waals surface area contributed by atoms with E-state index in [0.717, 1.165) is 11.3 Å². The van der Waals surface area contributed by atoms with E-state index in [1.54, 1.807) is 34.7 Å². The lowest BCUT2D eigenvalue weighted by molar-refractivity contribution is 0.0222. The molecule has 0 saturated carbocycles. The van der Waals surface area contributed by atoms with Crippen LogP contribution in [0.15, 0.2) is 36.4 Å². The number of alkyl halides is 2. The van der Waals surface area contributed by atoms with Crippen molar-refractivity contribution in [1.82, 2.24) is 24.9 Å². The van der Waals surface area contributed by atoms with Crippen LogP contribution < -0.4 is 4.74 Å². The summed E-state index contributed by atoms with van der Waals surface area (Å²) in [7, 11) is 0. The Bertz CT molecular complexity index is 1170. The number of carbonyl (C=O) groups is 1. The molecular formula is C24H27F2N5O3. The normalized spacial score (nSPS) is 13.7. The van der Waals surface area contributed by atoms with E-state index in [2.05, 4.69) is 15.3 Å². The highest BCUT2D eigenvalue weighted by molar-refractivity contribution is 5.68. The molecule has 1 amide bonds. The quantitative estimate of drug-likeness (QED) is 0.533. The molecule has 8 nitrogen and oxygen atoms in total. The molecule has 1 aliphatic rings. The van der Waals surface area contributed by atoms with Crippen LogP contribution in [-0.4, -0.2) is 43.1 Å². The molecule has 0 saturated heterocycles. The topological polar surface area (TPSA) is 82.4 Å². The lowest BCUT2D eigenvalue weighted by Gasteiger charge is -2.30. The highest BCUT2D eigenvalue weighted by atomic mass is 19.3. The van der Waals surface area contributed by atoms with Crippen LogP contribution in [0, 0.1) is 6.92 Å². The fourth-order valence-corrected chi connectivity index (χ4v) is 3.61. The number of amides is 1. The molecule has 1 aliphatic heterocycles. The second kappa shape index (κ2) is 9.36. The standard InChI is InChI=1S/C24H27F2N5O3/c1-15-20(31(29-28-15)18-8-5-16(6-9-18)22(25)26)14-33-21-10-7-17-13-30(12-11-19(17)27-21)23(32)34-24(2,3)4/h5-10,22H,11-14H2,1-4H3. The third kappa shape index (κ3) is 5.32. The highest BCUT2D eigenvalue weighted by Crippen LogP contribution is 2.24. The van der Waals surface area contributed by atoms with Gasteiger partial charge in [-0.25, -0.2) is 23.2 Å². The average Bonchev–Trinajstić information content (AvgIpc) is 3.16. The maximum atomic E-state index is 12.9. The minimum Gasteiger partial charge on any atom is -0.471 e. The fourth-order valence-electron chi connectivity index (χ4n) is 3.61. The largest absolute Gasteiger partial charge is 0.471 e. The monoisotopic (exact) mass is 471 g/mol. The second-order valence-corrected chi connectivity index (χ2v) is 9.12. The Morgan fingerprint density at radius 1 is 1.15 bits per heavy atom. The first-order valence-corrected chi connectivity index (χ1v) is 11.0. The molecule has 4 rings (SSSR count). The molecule has 0 spiro atoms. The number of nitrogens with zero attached hydrogens (tertiary/aromatic N) is 5. The zero-order valence-corrected chi connectivity index (χ0v) is 19.6. The van der Waals surface area contributed by atoms with Gasteiger partial charge < -0.3 is 14.4 Å². The van der Waals surface area contributed by atoms with E-state index in [1.807, 2.05) is 26.8 Å². The van der Waals surface area contributed by atoms with Crippen LogP contribution >= 0.6 is 0 Å². The van der Waals surface area contributed by atoms with E-state index in [9.17, 15) is 13.6 Å². The number of rotatable bonds is 5. The molecule has 34 heavy (non-hydrogen) atoms. The maximum Gasteiger partial charge on any atom is 0.410 e. The average molecular weight is 472 g/mol. The van der Waals surface area contributed by atoms with E-state index in [1.165, 1.54) is 12.1 Å². The summed E-state index contributed by atoms with van der Waals surface area (Å²) in [6.45, 7) is 8.44. The van der Waals surface area contributed by atoms with Gasteiger partial charge in [-0.05, 0) is 45.4 Å². The number of ether oxygens (including phenoxy) is 2. The van der Waals surface area contributed by atoms with Crippen molar-refractivity contribution in [2.24, 2.45) is 0 Å². The molecule has 1 aromatic carbocycles. The van der Waals surface area contributed by atoms with Crippen molar-refractivity contribution in [3.8, 4) is 11.6 Å². The summed E-state index contributed by atoms with van der Waals surface area (Å²) in [6.07, 6.45) is -2.27. The van der Waals surface area contributed by atoms with Gasteiger partial charge in [-0.1, -0.05) is 23.4 Å². The first-order chi connectivity index (χ1) is 16.1. The molecular weight excluding hydrogens is 444 g/mol. The molecule has 0 bridgehead atoms. The van der Waals surface area contributed by atoms with Crippen LogP contribution in [0.3, 0.4) is 0 Å². The van der Waals surface area contributed by atoms with E-state index >= 15 is 0 Å². The molecule has 10 heteroatoms. The molecule has 0 atom stereocenters. The minimum atomic E-state index is -2.53. The molecule has 2 aromatic heterocycles. The Hall–Kier alpha value is -3.56. The van der Waals surface area contributed by atoms with Crippen LogP contribution in [0.4, 0.5) is 13.6 Å². The van der Waals surface area contributed by atoms with Gasteiger partial charge in [0.15, 0.2) is 0 Å². The number of aromatic nitrogens is 4. The van der Waals surface area contributed by atoms with Crippen LogP contribution in [0.25, 0.3) is 5.69 Å². The van der Waals surface area contributed by atoms with Crippen LogP contribution in [0.1, 0.15) is 55.4 Å². The predicted octanol–water partition coefficient (Wildman–Crippen LogP) is 4.78. The fraction of sp³-hybridized carbons (Fsp3) is 0.417. The zero-order valence-electron chi connectivity index (χ0n) is 19.6. The molecule has 0 radical (unpaired) electrons. The Kier molecular flexibility index (Phi) is 6.49. The smallest absolute Gasteiger partial charge is 0.410 e. The van der Waals surface area contributed by atoms with Gasteiger partial charge in [0, 0.05) is 24.6 Å². The molecule has 3 heterocycles. The Labute approximate surface area is 196 Å². The van der Waals surface area contributed by atoms with E-state index < -0.39 is 12.0 Å². The van der Waals surface area contributed by atoms with Crippen molar-refractivity contribution in [3.63, 3.8) is 0 Å². The van der Waals surface area contributed by atoms with Gasteiger partial charge in [-0.15, -0.1) is 5.10 Å². The van der Waals surface area contributed by atoms with Gasteiger partial charge in [-0.3, -0.25) is 0 Å². The number of pyridine rings is 1. The van der Waals surface area contributed by atoms with Crippen molar-refractivity contribution in [2.75, 3.05) is 6.54 Å². The number of halogens is 2. The van der Waals surface area contributed by atoms with Crippen molar-refractivity contribution < 1.29 is 23.0 Å². The van der Waals surface area contributed by atoms with Gasteiger partial charge in [-0.2, -0.15) is 0 Å². The number of aryl methyl sites for hydroxylation is 1. The number of hydrogen-bond donors (Lipinski definition) is 0. The summed E-state index contributed by atoms with van der Waals surface area (Å²) < 4.78 is 38.7. The third-order valence-corrected chi connectivity index (χ3v) is 5.38. The summed E-state index contributed by atoms with van der Waals surface area (Å²) in [6, 6.07) is 9.55. The number of hydrogen-bond acceptors (Lipinski definition) is 6. The molecule has 3 aromatic rings. The summed E-state index contributed by atoms with van der Waals surface area (Å²) in [4.78, 5) is 18.6. The summed E-state index contributed by atoms with van der Waals surface area (Å²) in [5.41, 5.74) is 3.21. The molecule has 0 aliphatic carbocycles. The third-order valence-electron chi connectivity index (χ3n) is 5.38. The number of carbonyl (C=O) groups excluding carboxylic acids is 1. The van der Waals surface area contributed by atoms with Gasteiger partial charge >= 0.3 is 6.09 Å². The van der Waals surface area contributed by atoms with E-state index in [4.69, 9.17) is 9.47 Å². The maximum absolute atomic E-state index is 12.9.